The third-order valence-corrected chi connectivity index (χ3v) is 4.04. The van der Waals surface area contributed by atoms with E-state index in [1.54, 1.807) is 0 Å². The second-order valence-electron chi connectivity index (χ2n) is 7.00. The molecule has 0 aromatic heterocycles. The van der Waals surface area contributed by atoms with Crippen molar-refractivity contribution in [2.75, 3.05) is 54.5 Å². The fourth-order valence-corrected chi connectivity index (χ4v) is 2.07. The summed E-state index contributed by atoms with van der Waals surface area (Å²) in [6.07, 6.45) is 2.02. The van der Waals surface area contributed by atoms with Gasteiger partial charge in [0.25, 0.3) is 0 Å². The summed E-state index contributed by atoms with van der Waals surface area (Å²) in [5, 5.41) is 0. The minimum Gasteiger partial charge on any atom is -0.381 e. The highest BCUT2D eigenvalue weighted by atomic mass is 16.5. The largest absolute Gasteiger partial charge is 0.381 e. The molecule has 0 spiro atoms. The molecule has 5 heteroatoms. The molecule has 0 saturated heterocycles. The predicted octanol–water partition coefficient (Wildman–Crippen LogP) is 0.833. The van der Waals surface area contributed by atoms with E-state index in [2.05, 4.69) is 51.8 Å². The van der Waals surface area contributed by atoms with Gasteiger partial charge in [-0.3, -0.25) is 0 Å². The first-order chi connectivity index (χ1) is 9.73. The highest BCUT2D eigenvalue weighted by Gasteiger charge is 2.16. The molecule has 0 heterocycles. The van der Waals surface area contributed by atoms with Crippen molar-refractivity contribution in [1.82, 2.24) is 9.80 Å². The van der Waals surface area contributed by atoms with Crippen molar-refractivity contribution >= 4 is 0 Å². The van der Waals surface area contributed by atoms with Gasteiger partial charge in [0.2, 0.25) is 0 Å². The van der Waals surface area contributed by atoms with Gasteiger partial charge in [0.15, 0.2) is 0 Å². The summed E-state index contributed by atoms with van der Waals surface area (Å²) in [4.78, 5) is 4.33. The van der Waals surface area contributed by atoms with Crippen molar-refractivity contribution in [3.05, 3.63) is 0 Å². The van der Waals surface area contributed by atoms with E-state index in [1.165, 1.54) is 0 Å². The molecule has 0 fully saturated rings. The molecule has 0 saturated carbocycles. The Kier molecular flexibility index (Phi) is 11.3. The molecule has 0 bridgehead atoms. The van der Waals surface area contributed by atoms with Crippen LogP contribution in [0, 0.1) is 11.8 Å². The molecule has 0 aliphatic rings. The first-order valence-electron chi connectivity index (χ1n) is 8.12. The number of hydrogen-bond acceptors (Lipinski definition) is 5. The molecule has 21 heavy (non-hydrogen) atoms. The molecule has 0 aliphatic carbocycles. The number of hydrogen-bond donors (Lipinski definition) is 2. The Morgan fingerprint density at radius 1 is 0.762 bits per heavy atom. The molecule has 4 N–H and O–H groups in total. The summed E-state index contributed by atoms with van der Waals surface area (Å²) >= 11 is 0. The summed E-state index contributed by atoms with van der Waals surface area (Å²) < 4.78 is 5.83. The maximum atomic E-state index is 6.19. The second-order valence-corrected chi connectivity index (χ2v) is 7.00. The third-order valence-electron chi connectivity index (χ3n) is 4.04. The van der Waals surface area contributed by atoms with Crippen LogP contribution in [0.4, 0.5) is 0 Å². The smallest absolute Gasteiger partial charge is 0.0506 e. The van der Waals surface area contributed by atoms with E-state index in [-0.39, 0.29) is 12.1 Å². The first-order valence-corrected chi connectivity index (χ1v) is 8.12. The maximum absolute atomic E-state index is 6.19. The maximum Gasteiger partial charge on any atom is 0.0506 e. The quantitative estimate of drug-likeness (QED) is 0.559. The van der Waals surface area contributed by atoms with Crippen LogP contribution < -0.4 is 11.5 Å². The minimum atomic E-state index is 0.199. The molecule has 0 amide bonds. The van der Waals surface area contributed by atoms with Crippen molar-refractivity contribution in [3.8, 4) is 0 Å². The molecular formula is C16H38N4O. The van der Waals surface area contributed by atoms with Gasteiger partial charge in [0, 0.05) is 12.1 Å². The Morgan fingerprint density at radius 2 is 1.10 bits per heavy atom. The Balaban J connectivity index is 3.80. The zero-order valence-electron chi connectivity index (χ0n) is 15.0. The summed E-state index contributed by atoms with van der Waals surface area (Å²) in [5.41, 5.74) is 12.4. The lowest BCUT2D eigenvalue weighted by atomic mass is 9.99. The van der Waals surface area contributed by atoms with E-state index in [4.69, 9.17) is 16.2 Å². The summed E-state index contributed by atoms with van der Waals surface area (Å²) in [6, 6.07) is 0.398. The molecule has 0 aromatic carbocycles. The van der Waals surface area contributed by atoms with Gasteiger partial charge in [-0.2, -0.15) is 0 Å². The summed E-state index contributed by atoms with van der Waals surface area (Å²) in [7, 11) is 8.30. The van der Waals surface area contributed by atoms with Gasteiger partial charge in [0.1, 0.15) is 0 Å². The zero-order chi connectivity index (χ0) is 16.4. The molecule has 0 aromatic rings. The predicted molar refractivity (Wildman–Crippen MR) is 91.4 cm³/mol. The Bertz CT molecular complexity index is 224. The molecule has 5 nitrogen and oxygen atoms in total. The van der Waals surface area contributed by atoms with E-state index in [9.17, 15) is 0 Å². The van der Waals surface area contributed by atoms with E-state index < -0.39 is 0 Å². The molecule has 4 atom stereocenters. The number of nitrogens with zero attached hydrogens (tertiary/aromatic N) is 2. The fraction of sp³-hybridized carbons (Fsp3) is 1.00. The number of nitrogens with two attached hydrogens (primary N) is 2. The lowest BCUT2D eigenvalue weighted by molar-refractivity contribution is 0.0637. The molecule has 0 aliphatic heterocycles. The topological polar surface area (TPSA) is 67.8 Å². The SMILES string of the molecule is CC(COCC(C)C(N)CCN(C)C)C(N)CCN(C)C. The van der Waals surface area contributed by atoms with Gasteiger partial charge in [-0.1, -0.05) is 13.8 Å². The number of rotatable bonds is 12. The Labute approximate surface area is 132 Å². The van der Waals surface area contributed by atoms with Crippen LogP contribution in [-0.2, 0) is 4.74 Å². The highest BCUT2D eigenvalue weighted by molar-refractivity contribution is 4.72. The monoisotopic (exact) mass is 302 g/mol. The van der Waals surface area contributed by atoms with Crippen LogP contribution in [0.25, 0.3) is 0 Å². The molecule has 4 unspecified atom stereocenters. The average Bonchev–Trinajstić information content (AvgIpc) is 2.41. The van der Waals surface area contributed by atoms with E-state index in [0.29, 0.717) is 11.8 Å². The average molecular weight is 303 g/mol. The van der Waals surface area contributed by atoms with Crippen LogP contribution in [0.3, 0.4) is 0 Å². The molecule has 0 radical (unpaired) electrons. The Morgan fingerprint density at radius 3 is 1.38 bits per heavy atom. The standard InChI is InChI=1S/C16H38N4O/c1-13(15(17)7-9-19(3)4)11-21-12-14(2)16(18)8-10-20(5)6/h13-16H,7-12,17-18H2,1-6H3. The van der Waals surface area contributed by atoms with Gasteiger partial charge in [-0.25, -0.2) is 0 Å². The molecular weight excluding hydrogens is 264 g/mol. The lowest BCUT2D eigenvalue weighted by Gasteiger charge is -2.24. The molecule has 0 rings (SSSR count). The third kappa shape index (κ3) is 11.1. The highest BCUT2D eigenvalue weighted by Crippen LogP contribution is 2.09. The second kappa shape index (κ2) is 11.4. The van der Waals surface area contributed by atoms with Gasteiger partial charge >= 0.3 is 0 Å². The van der Waals surface area contributed by atoms with Crippen LogP contribution in [0.2, 0.25) is 0 Å². The number of ether oxygens (including phenoxy) is 1. The van der Waals surface area contributed by atoms with Crippen LogP contribution in [0.5, 0.6) is 0 Å². The first kappa shape index (κ1) is 20.8. The van der Waals surface area contributed by atoms with Gasteiger partial charge in [-0.15, -0.1) is 0 Å². The van der Waals surface area contributed by atoms with Gasteiger partial charge in [0.05, 0.1) is 13.2 Å². The summed E-state index contributed by atoms with van der Waals surface area (Å²) in [6.45, 7) is 7.82. The van der Waals surface area contributed by atoms with E-state index in [1.807, 2.05) is 0 Å². The van der Waals surface area contributed by atoms with Gasteiger partial charge in [-0.05, 0) is 66.0 Å². The minimum absolute atomic E-state index is 0.199. The lowest BCUT2D eigenvalue weighted by Crippen LogP contribution is -2.36. The van der Waals surface area contributed by atoms with Gasteiger partial charge < -0.3 is 26.0 Å². The van der Waals surface area contributed by atoms with Crippen LogP contribution in [0.15, 0.2) is 0 Å². The fourth-order valence-electron chi connectivity index (χ4n) is 2.07. The van der Waals surface area contributed by atoms with Crippen LogP contribution in [0.1, 0.15) is 26.7 Å². The Hall–Kier alpha value is -0.200. The van der Waals surface area contributed by atoms with Crippen LogP contribution >= 0.6 is 0 Å². The molecule has 128 valence electrons. The van der Waals surface area contributed by atoms with Crippen molar-refractivity contribution in [2.24, 2.45) is 23.3 Å². The summed E-state index contributed by atoms with van der Waals surface area (Å²) in [5.74, 6) is 0.769. The van der Waals surface area contributed by atoms with E-state index in [0.717, 1.165) is 39.1 Å². The van der Waals surface area contributed by atoms with Crippen molar-refractivity contribution in [3.63, 3.8) is 0 Å². The van der Waals surface area contributed by atoms with Crippen molar-refractivity contribution in [1.29, 1.82) is 0 Å². The van der Waals surface area contributed by atoms with Crippen molar-refractivity contribution < 1.29 is 4.74 Å². The van der Waals surface area contributed by atoms with Crippen LogP contribution in [-0.4, -0.2) is 76.4 Å². The van der Waals surface area contributed by atoms with E-state index >= 15 is 0 Å². The zero-order valence-corrected chi connectivity index (χ0v) is 15.0. The van der Waals surface area contributed by atoms with Crippen molar-refractivity contribution in [2.45, 2.75) is 38.8 Å². The normalized spacial score (nSPS) is 18.0.